The van der Waals surface area contributed by atoms with Gasteiger partial charge in [-0.05, 0) is 25.5 Å². The smallest absolute Gasteiger partial charge is 0.314 e. The quantitative estimate of drug-likeness (QED) is 0.792. The highest BCUT2D eigenvalue weighted by Gasteiger charge is 2.28. The van der Waals surface area contributed by atoms with Gasteiger partial charge in [-0.1, -0.05) is 0 Å². The molecule has 0 saturated heterocycles. The molecular formula is C9H16F3NS. The second-order valence-corrected chi connectivity index (χ2v) is 4.83. The zero-order valence-electron chi connectivity index (χ0n) is 8.23. The molecule has 0 radical (unpaired) electrons. The van der Waals surface area contributed by atoms with E-state index in [9.17, 15) is 13.2 Å². The average molecular weight is 227 g/mol. The summed E-state index contributed by atoms with van der Waals surface area (Å²) in [4.78, 5) is 0. The van der Waals surface area contributed by atoms with Crippen LogP contribution in [0.15, 0.2) is 0 Å². The highest BCUT2D eigenvalue weighted by atomic mass is 32.2. The van der Waals surface area contributed by atoms with Gasteiger partial charge in [0, 0.05) is 17.8 Å². The van der Waals surface area contributed by atoms with Crippen molar-refractivity contribution in [3.8, 4) is 0 Å². The van der Waals surface area contributed by atoms with Crippen LogP contribution in [0.25, 0.3) is 0 Å². The molecule has 1 fully saturated rings. The Balaban J connectivity index is 2.09. The van der Waals surface area contributed by atoms with Crippen LogP contribution in [-0.4, -0.2) is 30.3 Å². The Morgan fingerprint density at radius 3 is 2.57 bits per heavy atom. The fourth-order valence-electron chi connectivity index (χ4n) is 1.76. The first-order valence-electron chi connectivity index (χ1n) is 4.84. The van der Waals surface area contributed by atoms with E-state index in [1.165, 1.54) is 0 Å². The van der Waals surface area contributed by atoms with Crippen molar-refractivity contribution in [1.82, 2.24) is 5.32 Å². The molecule has 0 aromatic rings. The fourth-order valence-corrected chi connectivity index (χ4v) is 2.55. The maximum absolute atomic E-state index is 11.8. The molecule has 0 amide bonds. The Morgan fingerprint density at radius 1 is 1.36 bits per heavy atom. The summed E-state index contributed by atoms with van der Waals surface area (Å²) in [6.45, 7) is 0.0647. The van der Waals surface area contributed by atoms with Crippen molar-refractivity contribution < 1.29 is 13.2 Å². The lowest BCUT2D eigenvalue weighted by Crippen LogP contribution is -2.30. The van der Waals surface area contributed by atoms with E-state index in [-0.39, 0.29) is 6.54 Å². The third kappa shape index (κ3) is 4.55. The van der Waals surface area contributed by atoms with E-state index in [1.54, 1.807) is 0 Å². The van der Waals surface area contributed by atoms with Gasteiger partial charge >= 0.3 is 6.18 Å². The standard InChI is InChI=1S/C9H16F3NS/c1-14-8-3-2-7(6-8)13-5-4-9(10,11)12/h7-8,13H,2-6H2,1H3. The van der Waals surface area contributed by atoms with Crippen molar-refractivity contribution in [2.75, 3.05) is 12.8 Å². The van der Waals surface area contributed by atoms with Gasteiger partial charge in [0.1, 0.15) is 0 Å². The third-order valence-corrected chi connectivity index (χ3v) is 3.65. The van der Waals surface area contributed by atoms with E-state index >= 15 is 0 Å². The molecule has 1 rings (SSSR count). The summed E-state index contributed by atoms with van der Waals surface area (Å²) in [5, 5.41) is 3.61. The molecule has 0 spiro atoms. The molecule has 0 aromatic heterocycles. The number of rotatable bonds is 4. The predicted octanol–water partition coefficient (Wildman–Crippen LogP) is 2.81. The molecule has 2 unspecified atom stereocenters. The summed E-state index contributed by atoms with van der Waals surface area (Å²) in [5.41, 5.74) is 0. The van der Waals surface area contributed by atoms with E-state index in [1.807, 2.05) is 11.8 Å². The van der Waals surface area contributed by atoms with Crippen molar-refractivity contribution in [1.29, 1.82) is 0 Å². The van der Waals surface area contributed by atoms with Gasteiger partial charge < -0.3 is 5.32 Å². The van der Waals surface area contributed by atoms with Crippen molar-refractivity contribution in [2.45, 2.75) is 43.2 Å². The molecule has 1 nitrogen and oxygen atoms in total. The van der Waals surface area contributed by atoms with Crippen LogP contribution in [-0.2, 0) is 0 Å². The molecule has 1 N–H and O–H groups in total. The first-order chi connectivity index (χ1) is 6.51. The molecule has 0 bridgehead atoms. The van der Waals surface area contributed by atoms with Crippen molar-refractivity contribution in [2.24, 2.45) is 0 Å². The minimum Gasteiger partial charge on any atom is -0.314 e. The average Bonchev–Trinajstić information content (AvgIpc) is 2.50. The lowest BCUT2D eigenvalue weighted by molar-refractivity contribution is -0.133. The summed E-state index contributed by atoms with van der Waals surface area (Å²) in [5.74, 6) is 0. The molecule has 84 valence electrons. The molecule has 2 atom stereocenters. The number of halogens is 3. The number of nitrogens with one attached hydrogen (secondary N) is 1. The second-order valence-electron chi connectivity index (χ2n) is 3.69. The number of thioether (sulfide) groups is 1. The largest absolute Gasteiger partial charge is 0.390 e. The Morgan fingerprint density at radius 2 is 2.07 bits per heavy atom. The van der Waals surface area contributed by atoms with E-state index in [0.29, 0.717) is 11.3 Å². The predicted molar refractivity (Wildman–Crippen MR) is 53.6 cm³/mol. The monoisotopic (exact) mass is 227 g/mol. The van der Waals surface area contributed by atoms with E-state index in [2.05, 4.69) is 11.6 Å². The molecule has 14 heavy (non-hydrogen) atoms. The lowest BCUT2D eigenvalue weighted by atomic mass is 10.2. The first-order valence-corrected chi connectivity index (χ1v) is 6.13. The van der Waals surface area contributed by atoms with Crippen LogP contribution in [0, 0.1) is 0 Å². The van der Waals surface area contributed by atoms with Gasteiger partial charge in [0.25, 0.3) is 0 Å². The van der Waals surface area contributed by atoms with Crippen LogP contribution in [0.1, 0.15) is 25.7 Å². The van der Waals surface area contributed by atoms with Gasteiger partial charge in [-0.2, -0.15) is 24.9 Å². The molecule has 5 heteroatoms. The van der Waals surface area contributed by atoms with Gasteiger partial charge in [0.15, 0.2) is 0 Å². The maximum Gasteiger partial charge on any atom is 0.390 e. The zero-order valence-corrected chi connectivity index (χ0v) is 9.05. The van der Waals surface area contributed by atoms with Gasteiger partial charge in [-0.25, -0.2) is 0 Å². The number of alkyl halides is 3. The zero-order chi connectivity index (χ0) is 10.6. The van der Waals surface area contributed by atoms with Crippen molar-refractivity contribution in [3.63, 3.8) is 0 Å². The van der Waals surface area contributed by atoms with Crippen molar-refractivity contribution in [3.05, 3.63) is 0 Å². The van der Waals surface area contributed by atoms with Gasteiger partial charge in [0.2, 0.25) is 0 Å². The Bertz CT molecular complexity index is 172. The summed E-state index contributed by atoms with van der Waals surface area (Å²) in [7, 11) is 0. The topological polar surface area (TPSA) is 12.0 Å². The van der Waals surface area contributed by atoms with Crippen LogP contribution >= 0.6 is 11.8 Å². The van der Waals surface area contributed by atoms with E-state index in [4.69, 9.17) is 0 Å². The SMILES string of the molecule is CSC1CCC(NCCC(F)(F)F)C1. The summed E-state index contributed by atoms with van der Waals surface area (Å²) < 4.78 is 35.5. The molecule has 0 heterocycles. The molecule has 0 aromatic carbocycles. The maximum atomic E-state index is 11.8. The van der Waals surface area contributed by atoms with Crippen LogP contribution in [0.3, 0.4) is 0 Å². The first kappa shape index (κ1) is 12.2. The summed E-state index contributed by atoms with van der Waals surface area (Å²) in [6.07, 6.45) is 0.480. The highest BCUT2D eigenvalue weighted by molar-refractivity contribution is 7.99. The lowest BCUT2D eigenvalue weighted by Gasteiger charge is -2.13. The highest BCUT2D eigenvalue weighted by Crippen LogP contribution is 2.28. The molecule has 1 aliphatic rings. The van der Waals surface area contributed by atoms with Gasteiger partial charge in [0.05, 0.1) is 6.42 Å². The van der Waals surface area contributed by atoms with Crippen LogP contribution < -0.4 is 5.32 Å². The minimum absolute atomic E-state index is 0.0647. The Kier molecular flexibility index (Phi) is 4.57. The minimum atomic E-state index is -4.02. The fraction of sp³-hybridized carbons (Fsp3) is 1.00. The van der Waals surface area contributed by atoms with E-state index in [0.717, 1.165) is 19.3 Å². The van der Waals surface area contributed by atoms with E-state index < -0.39 is 12.6 Å². The molecular weight excluding hydrogens is 211 g/mol. The third-order valence-electron chi connectivity index (χ3n) is 2.56. The number of hydrogen-bond acceptors (Lipinski definition) is 2. The normalized spacial score (nSPS) is 28.3. The Hall–Kier alpha value is 0.100. The van der Waals surface area contributed by atoms with Gasteiger partial charge in [-0.3, -0.25) is 0 Å². The van der Waals surface area contributed by atoms with Gasteiger partial charge in [-0.15, -0.1) is 0 Å². The molecule has 1 aliphatic carbocycles. The summed E-state index contributed by atoms with van der Waals surface area (Å²) in [6, 6.07) is 0.301. The second kappa shape index (κ2) is 5.26. The van der Waals surface area contributed by atoms with Crippen LogP contribution in [0.4, 0.5) is 13.2 Å². The molecule has 1 saturated carbocycles. The van der Waals surface area contributed by atoms with Crippen LogP contribution in [0.2, 0.25) is 0 Å². The summed E-state index contributed by atoms with van der Waals surface area (Å²) >= 11 is 1.81. The van der Waals surface area contributed by atoms with Crippen LogP contribution in [0.5, 0.6) is 0 Å². The van der Waals surface area contributed by atoms with Crippen molar-refractivity contribution >= 4 is 11.8 Å². The Labute approximate surface area is 86.8 Å². The number of hydrogen-bond donors (Lipinski definition) is 1. The molecule has 0 aliphatic heterocycles.